The van der Waals surface area contributed by atoms with Crippen molar-refractivity contribution in [2.24, 2.45) is 0 Å². The van der Waals surface area contributed by atoms with Gasteiger partial charge in [0.15, 0.2) is 12.4 Å². The van der Waals surface area contributed by atoms with E-state index >= 15 is 0 Å². The highest BCUT2D eigenvalue weighted by Gasteiger charge is 2.46. The summed E-state index contributed by atoms with van der Waals surface area (Å²) in [6.45, 7) is 3.65. The van der Waals surface area contributed by atoms with E-state index in [1.54, 1.807) is 0 Å². The molecule has 0 aromatic heterocycles. The number of aliphatic hydroxyl groups excluding tert-OH is 3. The van der Waals surface area contributed by atoms with Crippen molar-refractivity contribution in [1.29, 1.82) is 0 Å². The van der Waals surface area contributed by atoms with Gasteiger partial charge >= 0.3 is 11.9 Å². The molecule has 0 amide bonds. The van der Waals surface area contributed by atoms with Crippen molar-refractivity contribution in [3.8, 4) is 0 Å². The lowest BCUT2D eigenvalue weighted by molar-refractivity contribution is -0.297. The average Bonchev–Trinajstić information content (AvgIpc) is 3.28. The molecule has 66 heavy (non-hydrogen) atoms. The zero-order valence-corrected chi connectivity index (χ0v) is 41.9. The lowest BCUT2D eigenvalue weighted by Gasteiger charge is -2.40. The zero-order chi connectivity index (χ0) is 48.4. The van der Waals surface area contributed by atoms with Crippen molar-refractivity contribution in [1.82, 2.24) is 0 Å². The number of rotatable bonds is 43. The molecule has 6 atom stereocenters. The molecule has 1 rings (SSSR count). The maximum atomic E-state index is 12.9. The Bertz CT molecular complexity index is 1440. The van der Waals surface area contributed by atoms with E-state index in [9.17, 15) is 37.9 Å². The Balaban J connectivity index is 2.39. The number of carbonyl (C=O) groups is 2. The Kier molecular flexibility index (Phi) is 39.5. The predicted octanol–water partition coefficient (Wildman–Crippen LogP) is 11.7. The normalized spacial score (nSPS) is 19.9. The number of allylic oxidation sites excluding steroid dienone is 10. The van der Waals surface area contributed by atoms with Gasteiger partial charge in [0.1, 0.15) is 36.8 Å². The van der Waals surface area contributed by atoms with Gasteiger partial charge in [-0.25, -0.2) is 0 Å². The second kappa shape index (κ2) is 42.5. The first kappa shape index (κ1) is 61.4. The molecule has 0 aromatic carbocycles. The highest BCUT2D eigenvalue weighted by atomic mass is 32.2. The Morgan fingerprint density at radius 1 is 0.530 bits per heavy atom. The first-order valence-corrected chi connectivity index (χ1v) is 27.5. The molecule has 0 aromatic rings. The van der Waals surface area contributed by atoms with Crippen molar-refractivity contribution in [3.63, 3.8) is 0 Å². The fraction of sp³-hybridized carbons (Fsp3) is 0.774. The third-order valence-corrected chi connectivity index (χ3v) is 12.3. The minimum atomic E-state index is -4.61. The molecule has 1 saturated heterocycles. The van der Waals surface area contributed by atoms with Gasteiger partial charge in [-0.15, -0.1) is 0 Å². The van der Waals surface area contributed by atoms with Crippen LogP contribution in [0.1, 0.15) is 206 Å². The number of aliphatic hydroxyl groups is 3. The predicted molar refractivity (Wildman–Crippen MR) is 265 cm³/mol. The van der Waals surface area contributed by atoms with E-state index in [4.69, 9.17) is 18.9 Å². The molecule has 0 bridgehead atoms. The summed E-state index contributed by atoms with van der Waals surface area (Å²) in [7, 11) is -4.61. The SMILES string of the molecule is CC/C=C\C/C=C\C/C=C\C/C=C\CCCCCCCCC(=O)OC(COC(=O)CCCCCCCCCCC/C=C\CCCCCCCC)COC1OC(CS(=O)(=O)O)C(O)C(O)C1O. The quantitative estimate of drug-likeness (QED) is 0.0196. The highest BCUT2D eigenvalue weighted by molar-refractivity contribution is 7.85. The average molecular weight is 953 g/mol. The third kappa shape index (κ3) is 36.4. The lowest BCUT2D eigenvalue weighted by atomic mass is 10.00. The third-order valence-electron chi connectivity index (χ3n) is 11.6. The van der Waals surface area contributed by atoms with Crippen LogP contribution in [0, 0.1) is 0 Å². The van der Waals surface area contributed by atoms with E-state index in [2.05, 4.69) is 74.6 Å². The minimum absolute atomic E-state index is 0.146. The maximum absolute atomic E-state index is 12.9. The molecule has 0 radical (unpaired) electrons. The van der Waals surface area contributed by atoms with Crippen LogP contribution in [0.25, 0.3) is 0 Å². The van der Waals surface area contributed by atoms with Gasteiger partial charge in [0.2, 0.25) is 0 Å². The molecule has 13 heteroatoms. The summed E-state index contributed by atoms with van der Waals surface area (Å²) in [6, 6.07) is 0. The summed E-state index contributed by atoms with van der Waals surface area (Å²) in [5, 5.41) is 31.0. The molecule has 0 saturated carbocycles. The van der Waals surface area contributed by atoms with Crippen molar-refractivity contribution in [2.45, 2.75) is 243 Å². The van der Waals surface area contributed by atoms with Gasteiger partial charge < -0.3 is 34.3 Å². The molecule has 12 nitrogen and oxygen atoms in total. The molecule has 6 unspecified atom stereocenters. The molecular weight excluding hydrogens is 861 g/mol. The Labute approximate surface area is 400 Å². The molecule has 1 aliphatic heterocycles. The molecule has 1 heterocycles. The van der Waals surface area contributed by atoms with E-state index in [-0.39, 0.29) is 19.4 Å². The summed E-state index contributed by atoms with van der Waals surface area (Å²) in [4.78, 5) is 25.5. The van der Waals surface area contributed by atoms with Gasteiger partial charge in [0.05, 0.1) is 6.61 Å². The van der Waals surface area contributed by atoms with Crippen molar-refractivity contribution in [2.75, 3.05) is 19.0 Å². The number of unbranched alkanes of at least 4 members (excludes halogenated alkanes) is 21. The minimum Gasteiger partial charge on any atom is -0.462 e. The first-order chi connectivity index (χ1) is 32.0. The van der Waals surface area contributed by atoms with Gasteiger partial charge in [-0.1, -0.05) is 177 Å². The number of esters is 2. The van der Waals surface area contributed by atoms with Crippen LogP contribution < -0.4 is 0 Å². The number of carbonyl (C=O) groups excluding carboxylic acids is 2. The topological polar surface area (TPSA) is 186 Å². The second-order valence-corrected chi connectivity index (χ2v) is 19.3. The van der Waals surface area contributed by atoms with Crippen LogP contribution in [0.15, 0.2) is 60.8 Å². The van der Waals surface area contributed by atoms with Gasteiger partial charge in [-0.2, -0.15) is 8.42 Å². The summed E-state index contributed by atoms with van der Waals surface area (Å²) >= 11 is 0. The van der Waals surface area contributed by atoms with Gasteiger partial charge in [0, 0.05) is 12.8 Å². The van der Waals surface area contributed by atoms with Crippen LogP contribution in [0.2, 0.25) is 0 Å². The van der Waals surface area contributed by atoms with Crippen LogP contribution in [0.3, 0.4) is 0 Å². The number of ether oxygens (including phenoxy) is 4. The van der Waals surface area contributed by atoms with E-state index < -0.39 is 71.2 Å². The Morgan fingerprint density at radius 2 is 0.955 bits per heavy atom. The zero-order valence-electron chi connectivity index (χ0n) is 41.0. The van der Waals surface area contributed by atoms with Crippen molar-refractivity contribution < 1.29 is 56.8 Å². The van der Waals surface area contributed by atoms with E-state index in [1.165, 1.54) is 83.5 Å². The standard InChI is InChI=1S/C53H92O12S/c1-3-5-7-9-11-13-15-17-19-21-23-25-27-29-31-33-35-37-39-41-48(54)62-43-46(44-63-53-52(58)51(57)50(56)47(65-53)45-66(59,60)61)64-49(55)42-40-38-36-34-32-30-28-26-24-22-20-18-16-14-12-10-8-6-4-2/h6,8,12,14,17-20,24,26,46-47,50-53,56-58H,3-5,7,9-11,13,15-16,21-23,25,27-45H2,1-2H3,(H,59,60,61)/b8-6-,14-12-,19-17-,20-18-,26-24-. The molecule has 1 aliphatic rings. The fourth-order valence-corrected chi connectivity index (χ4v) is 8.30. The lowest BCUT2D eigenvalue weighted by Crippen LogP contribution is -2.60. The van der Waals surface area contributed by atoms with Gasteiger partial charge in [0.25, 0.3) is 10.1 Å². The number of hydrogen-bond acceptors (Lipinski definition) is 11. The molecular formula is C53H92O12S. The molecule has 0 spiro atoms. The maximum Gasteiger partial charge on any atom is 0.306 e. The summed E-state index contributed by atoms with van der Waals surface area (Å²) < 4.78 is 54.2. The summed E-state index contributed by atoms with van der Waals surface area (Å²) in [6.07, 6.45) is 43.9. The Hall–Kier alpha value is -2.65. The second-order valence-electron chi connectivity index (χ2n) is 17.8. The van der Waals surface area contributed by atoms with Crippen LogP contribution >= 0.6 is 0 Å². The summed E-state index contributed by atoms with van der Waals surface area (Å²) in [5.41, 5.74) is 0. The summed E-state index contributed by atoms with van der Waals surface area (Å²) in [5.74, 6) is -2.00. The van der Waals surface area contributed by atoms with Crippen LogP contribution in [0.4, 0.5) is 0 Å². The molecule has 4 N–H and O–H groups in total. The Morgan fingerprint density at radius 3 is 1.44 bits per heavy atom. The van der Waals surface area contributed by atoms with Crippen LogP contribution in [0.5, 0.6) is 0 Å². The van der Waals surface area contributed by atoms with Gasteiger partial charge in [-0.05, 0) is 77.0 Å². The monoisotopic (exact) mass is 953 g/mol. The molecule has 382 valence electrons. The van der Waals surface area contributed by atoms with Gasteiger partial charge in [-0.3, -0.25) is 14.1 Å². The van der Waals surface area contributed by atoms with E-state index in [0.29, 0.717) is 12.8 Å². The smallest absolute Gasteiger partial charge is 0.306 e. The van der Waals surface area contributed by atoms with Crippen molar-refractivity contribution in [3.05, 3.63) is 60.8 Å². The van der Waals surface area contributed by atoms with Crippen molar-refractivity contribution >= 4 is 22.1 Å². The van der Waals surface area contributed by atoms with Crippen LogP contribution in [-0.2, 0) is 38.7 Å². The number of hydrogen-bond donors (Lipinski definition) is 4. The van der Waals surface area contributed by atoms with Crippen LogP contribution in [-0.4, -0.2) is 96.0 Å². The molecule has 0 aliphatic carbocycles. The highest BCUT2D eigenvalue weighted by Crippen LogP contribution is 2.24. The largest absolute Gasteiger partial charge is 0.462 e. The first-order valence-electron chi connectivity index (χ1n) is 25.8. The molecule has 1 fully saturated rings. The van der Waals surface area contributed by atoms with E-state index in [1.807, 2.05) is 0 Å². The van der Waals surface area contributed by atoms with E-state index in [0.717, 1.165) is 83.5 Å². The fourth-order valence-electron chi connectivity index (χ4n) is 7.60.